The van der Waals surface area contributed by atoms with Crippen LogP contribution in [0.3, 0.4) is 0 Å². The molecule has 0 spiro atoms. The van der Waals surface area contributed by atoms with Gasteiger partial charge in [0.05, 0.1) is 6.42 Å². The van der Waals surface area contributed by atoms with Crippen molar-refractivity contribution < 1.29 is 9.90 Å². The number of carboxylic acid groups (broad SMARTS) is 1. The lowest BCUT2D eigenvalue weighted by Crippen LogP contribution is -2.33. The van der Waals surface area contributed by atoms with Crippen molar-refractivity contribution in [2.45, 2.75) is 12.5 Å². The first kappa shape index (κ1) is 8.39. The second kappa shape index (κ2) is 4.29. The molecule has 1 unspecified atom stereocenters. The molecule has 0 fully saturated rings. The Morgan fingerprint density at radius 1 is 1.89 bits per heavy atom. The van der Waals surface area contributed by atoms with E-state index in [1.54, 1.807) is 7.05 Å². The predicted octanol–water partition coefficient (Wildman–Crippen LogP) is -0.992. The molecule has 0 aromatic heterocycles. The normalized spacial score (nSPS) is 13.1. The van der Waals surface area contributed by atoms with Gasteiger partial charge in [0.2, 0.25) is 0 Å². The average molecular weight is 132 g/mol. The van der Waals surface area contributed by atoms with Crippen LogP contribution in [0.25, 0.3) is 0 Å². The maximum atomic E-state index is 9.98. The first-order valence-corrected chi connectivity index (χ1v) is 2.78. The number of nitrogens with two attached hydrogens (primary N) is 1. The van der Waals surface area contributed by atoms with Gasteiger partial charge < -0.3 is 16.2 Å². The van der Waals surface area contributed by atoms with Gasteiger partial charge in [-0.3, -0.25) is 4.79 Å². The molecule has 0 bridgehead atoms. The number of hydrogen-bond acceptors (Lipinski definition) is 3. The standard InChI is InChI=1S/C5H12N2O2/c1-7-3-4(6)2-5(8)9/h4,7H,2-3,6H2,1H3,(H,8,9). The Bertz CT molecular complexity index is 95.0. The third kappa shape index (κ3) is 5.26. The second-order valence-electron chi connectivity index (χ2n) is 1.92. The van der Waals surface area contributed by atoms with Gasteiger partial charge in [-0.15, -0.1) is 0 Å². The van der Waals surface area contributed by atoms with Crippen LogP contribution in [-0.2, 0) is 4.79 Å². The van der Waals surface area contributed by atoms with Gasteiger partial charge in [0.15, 0.2) is 0 Å². The number of aliphatic carboxylic acids is 1. The molecule has 4 N–H and O–H groups in total. The average Bonchev–Trinajstić information content (AvgIpc) is 1.63. The van der Waals surface area contributed by atoms with Crippen LogP contribution in [0.15, 0.2) is 0 Å². The van der Waals surface area contributed by atoms with E-state index in [0.29, 0.717) is 6.54 Å². The van der Waals surface area contributed by atoms with Gasteiger partial charge in [-0.05, 0) is 7.05 Å². The van der Waals surface area contributed by atoms with Crippen molar-refractivity contribution in [3.05, 3.63) is 0 Å². The summed E-state index contributed by atoms with van der Waals surface area (Å²) in [6.45, 7) is 0.548. The molecule has 0 saturated heterocycles. The molecule has 0 aromatic carbocycles. The Hall–Kier alpha value is -0.610. The van der Waals surface area contributed by atoms with E-state index in [0.717, 1.165) is 0 Å². The fourth-order valence-corrected chi connectivity index (χ4v) is 0.559. The summed E-state index contributed by atoms with van der Waals surface area (Å²) >= 11 is 0. The molecule has 1 atom stereocenters. The molecule has 9 heavy (non-hydrogen) atoms. The fraction of sp³-hybridized carbons (Fsp3) is 0.800. The van der Waals surface area contributed by atoms with E-state index in [1.165, 1.54) is 0 Å². The van der Waals surface area contributed by atoms with Crippen LogP contribution in [0.2, 0.25) is 0 Å². The molecule has 0 heterocycles. The number of hydrogen-bond donors (Lipinski definition) is 3. The van der Waals surface area contributed by atoms with Gasteiger partial charge in [0.1, 0.15) is 0 Å². The summed E-state index contributed by atoms with van der Waals surface area (Å²) in [5.41, 5.74) is 5.34. The van der Waals surface area contributed by atoms with Crippen molar-refractivity contribution in [3.63, 3.8) is 0 Å². The zero-order valence-electron chi connectivity index (χ0n) is 5.42. The summed E-state index contributed by atoms with van der Waals surface area (Å²) in [7, 11) is 1.74. The van der Waals surface area contributed by atoms with Gasteiger partial charge in [0, 0.05) is 12.6 Å². The first-order valence-electron chi connectivity index (χ1n) is 2.78. The van der Waals surface area contributed by atoms with E-state index < -0.39 is 5.97 Å². The SMILES string of the molecule is CNCC(N)CC(=O)O. The Balaban J connectivity index is 3.26. The minimum atomic E-state index is -0.849. The van der Waals surface area contributed by atoms with E-state index in [-0.39, 0.29) is 12.5 Å². The van der Waals surface area contributed by atoms with Crippen molar-refractivity contribution in [2.75, 3.05) is 13.6 Å². The molecule has 0 radical (unpaired) electrons. The Labute approximate surface area is 54.0 Å². The number of carbonyl (C=O) groups is 1. The van der Waals surface area contributed by atoms with Crippen molar-refractivity contribution >= 4 is 5.97 Å². The molecule has 0 rings (SSSR count). The van der Waals surface area contributed by atoms with Gasteiger partial charge >= 0.3 is 5.97 Å². The van der Waals surface area contributed by atoms with E-state index in [1.807, 2.05) is 0 Å². The van der Waals surface area contributed by atoms with E-state index >= 15 is 0 Å². The predicted molar refractivity (Wildman–Crippen MR) is 34.2 cm³/mol. The van der Waals surface area contributed by atoms with E-state index in [2.05, 4.69) is 5.32 Å². The quantitative estimate of drug-likeness (QED) is 0.459. The molecule has 0 aromatic rings. The number of rotatable bonds is 4. The Morgan fingerprint density at radius 2 is 2.44 bits per heavy atom. The Kier molecular flexibility index (Phi) is 4.00. The lowest BCUT2D eigenvalue weighted by atomic mass is 10.2. The van der Waals surface area contributed by atoms with E-state index in [4.69, 9.17) is 10.8 Å². The number of nitrogens with one attached hydrogen (secondary N) is 1. The molecule has 54 valence electrons. The summed E-state index contributed by atoms with van der Waals surface area (Å²) < 4.78 is 0. The summed E-state index contributed by atoms with van der Waals surface area (Å²) in [6.07, 6.45) is 0.0286. The third-order valence-electron chi connectivity index (χ3n) is 0.903. The van der Waals surface area contributed by atoms with Gasteiger partial charge in [-0.2, -0.15) is 0 Å². The molecular formula is C5H12N2O2. The lowest BCUT2D eigenvalue weighted by Gasteiger charge is -2.05. The van der Waals surface area contributed by atoms with Crippen LogP contribution in [0.4, 0.5) is 0 Å². The van der Waals surface area contributed by atoms with Crippen LogP contribution in [0.5, 0.6) is 0 Å². The molecular weight excluding hydrogens is 120 g/mol. The van der Waals surface area contributed by atoms with Crippen LogP contribution < -0.4 is 11.1 Å². The summed E-state index contributed by atoms with van der Waals surface area (Å²) in [5.74, 6) is -0.849. The minimum Gasteiger partial charge on any atom is -0.481 e. The summed E-state index contributed by atoms with van der Waals surface area (Å²) in [5, 5.41) is 11.0. The highest BCUT2D eigenvalue weighted by molar-refractivity contribution is 5.67. The highest BCUT2D eigenvalue weighted by Crippen LogP contribution is 1.83. The van der Waals surface area contributed by atoms with Crippen LogP contribution >= 0.6 is 0 Å². The first-order chi connectivity index (χ1) is 4.16. The van der Waals surface area contributed by atoms with Crippen LogP contribution in [0, 0.1) is 0 Å². The molecule has 0 amide bonds. The zero-order chi connectivity index (χ0) is 7.28. The molecule has 0 aliphatic rings. The molecule has 0 aliphatic carbocycles. The van der Waals surface area contributed by atoms with Crippen molar-refractivity contribution in [1.82, 2.24) is 5.32 Å². The fourth-order valence-electron chi connectivity index (χ4n) is 0.559. The van der Waals surface area contributed by atoms with Crippen LogP contribution in [0.1, 0.15) is 6.42 Å². The highest BCUT2D eigenvalue weighted by atomic mass is 16.4. The van der Waals surface area contributed by atoms with Crippen LogP contribution in [-0.4, -0.2) is 30.7 Å². The Morgan fingerprint density at radius 3 is 2.78 bits per heavy atom. The molecule has 4 heteroatoms. The molecule has 0 aliphatic heterocycles. The second-order valence-corrected chi connectivity index (χ2v) is 1.92. The molecule has 4 nitrogen and oxygen atoms in total. The number of carboxylic acids is 1. The lowest BCUT2D eigenvalue weighted by molar-refractivity contribution is -0.137. The monoisotopic (exact) mass is 132 g/mol. The largest absolute Gasteiger partial charge is 0.481 e. The highest BCUT2D eigenvalue weighted by Gasteiger charge is 2.04. The summed E-state index contributed by atoms with van der Waals surface area (Å²) in [4.78, 5) is 9.98. The van der Waals surface area contributed by atoms with Gasteiger partial charge in [-0.1, -0.05) is 0 Å². The third-order valence-corrected chi connectivity index (χ3v) is 0.903. The zero-order valence-corrected chi connectivity index (χ0v) is 5.42. The summed E-state index contributed by atoms with van der Waals surface area (Å²) in [6, 6.07) is -0.271. The minimum absolute atomic E-state index is 0.0286. The molecule has 0 saturated carbocycles. The van der Waals surface area contributed by atoms with E-state index in [9.17, 15) is 4.79 Å². The van der Waals surface area contributed by atoms with Gasteiger partial charge in [0.25, 0.3) is 0 Å². The maximum absolute atomic E-state index is 9.98. The number of likely N-dealkylation sites (N-methyl/N-ethyl adjacent to an activating group) is 1. The topological polar surface area (TPSA) is 75.3 Å². The smallest absolute Gasteiger partial charge is 0.304 e. The van der Waals surface area contributed by atoms with Crippen molar-refractivity contribution in [3.8, 4) is 0 Å². The van der Waals surface area contributed by atoms with Crippen molar-refractivity contribution in [1.29, 1.82) is 0 Å². The van der Waals surface area contributed by atoms with Crippen molar-refractivity contribution in [2.24, 2.45) is 5.73 Å². The van der Waals surface area contributed by atoms with Gasteiger partial charge in [-0.25, -0.2) is 0 Å². The maximum Gasteiger partial charge on any atom is 0.304 e.